The molecule has 0 spiro atoms. The molecule has 2 rings (SSSR count). The lowest BCUT2D eigenvalue weighted by Gasteiger charge is -2.06. The van der Waals surface area contributed by atoms with Gasteiger partial charge in [-0.15, -0.1) is 0 Å². The molecule has 0 saturated carbocycles. The topological polar surface area (TPSA) is 0 Å². The highest BCUT2D eigenvalue weighted by Crippen LogP contribution is 2.24. The molecule has 0 radical (unpaired) electrons. The van der Waals surface area contributed by atoms with Gasteiger partial charge in [-0.25, -0.2) is 0 Å². The van der Waals surface area contributed by atoms with Gasteiger partial charge in [-0.2, -0.15) is 0 Å². The zero-order chi connectivity index (χ0) is 9.97. The second-order valence-corrected chi connectivity index (χ2v) is 3.82. The summed E-state index contributed by atoms with van der Waals surface area (Å²) in [7, 11) is 0. The molecule has 0 fully saturated rings. The summed E-state index contributed by atoms with van der Waals surface area (Å²) in [5.41, 5.74) is 2.36. The van der Waals surface area contributed by atoms with E-state index in [2.05, 4.69) is 65.0 Å². The van der Waals surface area contributed by atoms with Crippen molar-refractivity contribution in [2.45, 2.75) is 0 Å². The monoisotopic (exact) mass is 246 g/mol. The van der Waals surface area contributed by atoms with E-state index in [0.29, 0.717) is 0 Å². The van der Waals surface area contributed by atoms with Crippen LogP contribution in [0, 0.1) is 0 Å². The van der Waals surface area contributed by atoms with E-state index in [0.717, 1.165) is 10.9 Å². The average Bonchev–Trinajstić information content (AvgIpc) is 2.27. The number of allylic oxidation sites excluding steroid dienone is 1. The fraction of sp³-hybridized carbons (Fsp3) is 0.0769. The van der Waals surface area contributed by atoms with Crippen LogP contribution in [0.1, 0.15) is 5.56 Å². The molecule has 0 amide bonds. The average molecular weight is 247 g/mol. The van der Waals surface area contributed by atoms with Crippen molar-refractivity contribution in [2.75, 3.05) is 5.33 Å². The van der Waals surface area contributed by atoms with Gasteiger partial charge in [0.15, 0.2) is 0 Å². The van der Waals surface area contributed by atoms with E-state index in [1.165, 1.54) is 16.3 Å². The Labute approximate surface area is 92.4 Å². The molecule has 14 heavy (non-hydrogen) atoms. The van der Waals surface area contributed by atoms with Gasteiger partial charge in [0.25, 0.3) is 0 Å². The Balaban J connectivity index is 2.71. The van der Waals surface area contributed by atoms with E-state index in [1.54, 1.807) is 0 Å². The van der Waals surface area contributed by atoms with Crippen molar-refractivity contribution in [2.24, 2.45) is 0 Å². The van der Waals surface area contributed by atoms with E-state index in [9.17, 15) is 0 Å². The van der Waals surface area contributed by atoms with Crippen LogP contribution in [0.5, 0.6) is 0 Å². The molecule has 0 N–H and O–H groups in total. The standard InChI is InChI=1S/C13H11Br/c1-10(9-14)12-8-4-6-11-5-2-3-7-13(11)12/h2-8H,1,9H2. The number of fused-ring (bicyclic) bond motifs is 1. The molecule has 0 heterocycles. The summed E-state index contributed by atoms with van der Waals surface area (Å²) in [5, 5.41) is 3.37. The molecule has 0 unspecified atom stereocenters. The first-order valence-corrected chi connectivity index (χ1v) is 5.67. The van der Waals surface area contributed by atoms with Gasteiger partial charge in [0.1, 0.15) is 0 Å². The molecule has 0 aliphatic rings. The molecule has 0 aliphatic heterocycles. The predicted octanol–water partition coefficient (Wildman–Crippen LogP) is 4.25. The van der Waals surface area contributed by atoms with Gasteiger partial charge in [-0.05, 0) is 21.9 Å². The van der Waals surface area contributed by atoms with Crippen molar-refractivity contribution in [3.63, 3.8) is 0 Å². The summed E-state index contributed by atoms with van der Waals surface area (Å²) in [4.78, 5) is 0. The van der Waals surface area contributed by atoms with Gasteiger partial charge < -0.3 is 0 Å². The second-order valence-electron chi connectivity index (χ2n) is 3.26. The van der Waals surface area contributed by atoms with E-state index in [1.807, 2.05) is 0 Å². The van der Waals surface area contributed by atoms with Crippen molar-refractivity contribution in [3.05, 3.63) is 54.6 Å². The molecular weight excluding hydrogens is 236 g/mol. The van der Waals surface area contributed by atoms with Crippen molar-refractivity contribution in [3.8, 4) is 0 Å². The van der Waals surface area contributed by atoms with Crippen molar-refractivity contribution < 1.29 is 0 Å². The van der Waals surface area contributed by atoms with Crippen LogP contribution in [0.4, 0.5) is 0 Å². The number of alkyl halides is 1. The smallest absolute Gasteiger partial charge is 0.0283 e. The molecule has 70 valence electrons. The van der Waals surface area contributed by atoms with Gasteiger partial charge in [0, 0.05) is 5.33 Å². The minimum atomic E-state index is 0.820. The zero-order valence-corrected chi connectivity index (χ0v) is 9.42. The summed E-state index contributed by atoms with van der Waals surface area (Å²) < 4.78 is 0. The molecule has 0 atom stereocenters. The molecular formula is C13H11Br. The highest BCUT2D eigenvalue weighted by Gasteiger charge is 2.01. The van der Waals surface area contributed by atoms with Crippen LogP contribution in [0.15, 0.2) is 49.0 Å². The number of halogens is 1. The van der Waals surface area contributed by atoms with Crippen LogP contribution in [0.3, 0.4) is 0 Å². The Hall–Kier alpha value is -1.08. The predicted molar refractivity (Wildman–Crippen MR) is 66.8 cm³/mol. The summed E-state index contributed by atoms with van der Waals surface area (Å²) in [5.74, 6) is 0. The fourth-order valence-electron chi connectivity index (χ4n) is 1.61. The van der Waals surface area contributed by atoms with Crippen LogP contribution in [-0.4, -0.2) is 5.33 Å². The third kappa shape index (κ3) is 1.60. The molecule has 2 aromatic carbocycles. The second kappa shape index (κ2) is 3.97. The third-order valence-corrected chi connectivity index (χ3v) is 3.01. The fourth-order valence-corrected chi connectivity index (χ4v) is 1.91. The van der Waals surface area contributed by atoms with E-state index < -0.39 is 0 Å². The van der Waals surface area contributed by atoms with E-state index in [-0.39, 0.29) is 0 Å². The lowest BCUT2D eigenvalue weighted by molar-refractivity contribution is 1.65. The van der Waals surface area contributed by atoms with Crippen molar-refractivity contribution in [1.82, 2.24) is 0 Å². The Kier molecular flexibility index (Phi) is 2.69. The minimum Gasteiger partial charge on any atom is -0.0944 e. The summed E-state index contributed by atoms with van der Waals surface area (Å²) in [6.07, 6.45) is 0. The summed E-state index contributed by atoms with van der Waals surface area (Å²) in [6, 6.07) is 14.7. The Bertz CT molecular complexity index is 466. The van der Waals surface area contributed by atoms with Crippen LogP contribution < -0.4 is 0 Å². The largest absolute Gasteiger partial charge is 0.0944 e. The lowest BCUT2D eigenvalue weighted by atomic mass is 10.0. The molecule has 0 bridgehead atoms. The lowest BCUT2D eigenvalue weighted by Crippen LogP contribution is -1.85. The van der Waals surface area contributed by atoms with Gasteiger partial charge >= 0.3 is 0 Å². The quantitative estimate of drug-likeness (QED) is 0.696. The highest BCUT2D eigenvalue weighted by molar-refractivity contribution is 9.09. The normalized spacial score (nSPS) is 10.4. The molecule has 0 saturated heterocycles. The molecule has 1 heteroatoms. The first-order chi connectivity index (χ1) is 6.83. The van der Waals surface area contributed by atoms with Crippen LogP contribution in [0.25, 0.3) is 16.3 Å². The molecule has 0 nitrogen and oxygen atoms in total. The van der Waals surface area contributed by atoms with E-state index in [4.69, 9.17) is 0 Å². The van der Waals surface area contributed by atoms with Gasteiger partial charge in [-0.3, -0.25) is 0 Å². The SMILES string of the molecule is C=C(CBr)c1cccc2ccccc12. The number of rotatable bonds is 2. The molecule has 2 aromatic rings. The minimum absolute atomic E-state index is 0.820. The number of benzene rings is 2. The summed E-state index contributed by atoms with van der Waals surface area (Å²) >= 11 is 3.44. The Morgan fingerprint density at radius 2 is 1.79 bits per heavy atom. The maximum absolute atomic E-state index is 4.05. The van der Waals surface area contributed by atoms with Crippen LogP contribution in [-0.2, 0) is 0 Å². The van der Waals surface area contributed by atoms with Gasteiger partial charge in [-0.1, -0.05) is 65.0 Å². The maximum Gasteiger partial charge on any atom is 0.0283 e. The van der Waals surface area contributed by atoms with Gasteiger partial charge in [0.2, 0.25) is 0 Å². The van der Waals surface area contributed by atoms with E-state index >= 15 is 0 Å². The third-order valence-electron chi connectivity index (χ3n) is 2.33. The first-order valence-electron chi connectivity index (χ1n) is 4.55. The number of hydrogen-bond acceptors (Lipinski definition) is 0. The Morgan fingerprint density at radius 1 is 1.07 bits per heavy atom. The molecule has 0 aromatic heterocycles. The number of hydrogen-bond donors (Lipinski definition) is 0. The van der Waals surface area contributed by atoms with Crippen molar-refractivity contribution in [1.29, 1.82) is 0 Å². The van der Waals surface area contributed by atoms with Gasteiger partial charge in [0.05, 0.1) is 0 Å². The van der Waals surface area contributed by atoms with Crippen molar-refractivity contribution >= 4 is 32.3 Å². The van der Waals surface area contributed by atoms with Crippen LogP contribution >= 0.6 is 15.9 Å². The summed E-state index contributed by atoms with van der Waals surface area (Å²) in [6.45, 7) is 4.05. The highest BCUT2D eigenvalue weighted by atomic mass is 79.9. The zero-order valence-electron chi connectivity index (χ0n) is 7.83. The van der Waals surface area contributed by atoms with Crippen LogP contribution in [0.2, 0.25) is 0 Å². The Morgan fingerprint density at radius 3 is 2.57 bits per heavy atom. The first kappa shape index (κ1) is 9.47. The maximum atomic E-state index is 4.05. The molecule has 0 aliphatic carbocycles.